The van der Waals surface area contributed by atoms with Gasteiger partial charge in [-0.3, -0.25) is 19.4 Å². The van der Waals surface area contributed by atoms with E-state index in [1.807, 2.05) is 37.5 Å². The lowest BCUT2D eigenvalue weighted by Crippen LogP contribution is -2.51. The van der Waals surface area contributed by atoms with Gasteiger partial charge in [-0.1, -0.05) is 12.1 Å². The van der Waals surface area contributed by atoms with E-state index in [0.29, 0.717) is 13.1 Å². The van der Waals surface area contributed by atoms with Crippen molar-refractivity contribution in [3.05, 3.63) is 47.8 Å². The fraction of sp³-hybridized carbons (Fsp3) is 0.312. The van der Waals surface area contributed by atoms with Crippen molar-refractivity contribution in [1.29, 1.82) is 0 Å². The molecule has 0 saturated carbocycles. The number of carbonyl (C=O) groups is 1. The maximum atomic E-state index is 12.9. The van der Waals surface area contributed by atoms with E-state index < -0.39 is 0 Å². The molecule has 0 unspecified atom stereocenters. The van der Waals surface area contributed by atoms with Crippen molar-refractivity contribution in [1.82, 2.24) is 14.7 Å². The second kappa shape index (κ2) is 4.69. The third-order valence-electron chi connectivity index (χ3n) is 4.13. The molecule has 22 heavy (non-hydrogen) atoms. The van der Waals surface area contributed by atoms with Gasteiger partial charge in [0, 0.05) is 18.8 Å². The van der Waals surface area contributed by atoms with Crippen LogP contribution in [-0.4, -0.2) is 39.1 Å². The molecule has 6 heteroatoms. The van der Waals surface area contributed by atoms with Crippen molar-refractivity contribution in [3.8, 4) is 0 Å². The number of amides is 1. The molecule has 4 rings (SSSR count). The van der Waals surface area contributed by atoms with Crippen LogP contribution in [0.1, 0.15) is 22.8 Å². The molecule has 0 aliphatic carbocycles. The molecular formula is C16H17N5O. The molecule has 0 bridgehead atoms. The summed E-state index contributed by atoms with van der Waals surface area (Å²) in [5, 5.41) is 4.18. The lowest BCUT2D eigenvalue weighted by Gasteiger charge is -2.37. The first-order chi connectivity index (χ1) is 10.6. The Morgan fingerprint density at radius 1 is 1.32 bits per heavy atom. The van der Waals surface area contributed by atoms with Crippen LogP contribution in [0.15, 0.2) is 41.7 Å². The number of benzene rings is 1. The summed E-state index contributed by atoms with van der Waals surface area (Å²) >= 11 is 0. The average Bonchev–Trinajstić information content (AvgIpc) is 3.10. The molecule has 1 aromatic heterocycles. The number of guanidine groups is 1. The standard InChI is InChI=1S/C16H17N5O/c1-11-7-17-16-20(10-12-8-18-19(2)9-12)15(22)13-5-3-4-6-14(13)21(11)16/h3-6,8-9,11H,7,10H2,1-2H3/t11-/m1/s1. The van der Waals surface area contributed by atoms with Crippen molar-refractivity contribution < 1.29 is 4.79 Å². The highest BCUT2D eigenvalue weighted by atomic mass is 16.2. The van der Waals surface area contributed by atoms with Gasteiger partial charge >= 0.3 is 0 Å². The van der Waals surface area contributed by atoms with Gasteiger partial charge in [-0.2, -0.15) is 5.10 Å². The van der Waals surface area contributed by atoms with Crippen LogP contribution in [0, 0.1) is 0 Å². The van der Waals surface area contributed by atoms with Gasteiger partial charge in [-0.05, 0) is 19.1 Å². The van der Waals surface area contributed by atoms with Gasteiger partial charge in [-0.15, -0.1) is 0 Å². The summed E-state index contributed by atoms with van der Waals surface area (Å²) < 4.78 is 1.74. The maximum absolute atomic E-state index is 12.9. The molecule has 1 atom stereocenters. The molecule has 0 fully saturated rings. The molecule has 2 aromatic rings. The Morgan fingerprint density at radius 2 is 2.14 bits per heavy atom. The van der Waals surface area contributed by atoms with Crippen LogP contribution in [0.25, 0.3) is 0 Å². The monoisotopic (exact) mass is 295 g/mol. The number of anilines is 1. The number of aryl methyl sites for hydroxylation is 1. The molecule has 0 N–H and O–H groups in total. The summed E-state index contributed by atoms with van der Waals surface area (Å²) in [5.41, 5.74) is 2.69. The predicted octanol–water partition coefficient (Wildman–Crippen LogP) is 1.64. The summed E-state index contributed by atoms with van der Waals surface area (Å²) in [7, 11) is 1.87. The Balaban J connectivity index is 1.78. The van der Waals surface area contributed by atoms with Crippen LogP contribution in [0.2, 0.25) is 0 Å². The Bertz CT molecular complexity index is 778. The number of aromatic nitrogens is 2. The molecule has 0 spiro atoms. The molecule has 112 valence electrons. The topological polar surface area (TPSA) is 53.7 Å². The summed E-state index contributed by atoms with van der Waals surface area (Å²) in [6.45, 7) is 3.33. The zero-order valence-corrected chi connectivity index (χ0v) is 12.6. The van der Waals surface area contributed by atoms with Crippen LogP contribution in [0.4, 0.5) is 5.69 Å². The van der Waals surface area contributed by atoms with Gasteiger partial charge in [0.05, 0.1) is 36.6 Å². The first-order valence-electron chi connectivity index (χ1n) is 7.37. The quantitative estimate of drug-likeness (QED) is 0.846. The van der Waals surface area contributed by atoms with Gasteiger partial charge in [-0.25, -0.2) is 0 Å². The number of hydrogen-bond acceptors (Lipinski definition) is 4. The summed E-state index contributed by atoms with van der Waals surface area (Å²) in [4.78, 5) is 21.4. The highest BCUT2D eigenvalue weighted by Gasteiger charge is 2.39. The van der Waals surface area contributed by atoms with E-state index in [0.717, 1.165) is 22.8 Å². The number of para-hydroxylation sites is 1. The minimum Gasteiger partial charge on any atom is -0.307 e. The first-order valence-corrected chi connectivity index (χ1v) is 7.37. The maximum Gasteiger partial charge on any atom is 0.263 e. The van der Waals surface area contributed by atoms with Gasteiger partial charge in [0.25, 0.3) is 5.91 Å². The first kappa shape index (κ1) is 13.1. The van der Waals surface area contributed by atoms with Crippen molar-refractivity contribution >= 4 is 17.6 Å². The molecular weight excluding hydrogens is 278 g/mol. The van der Waals surface area contributed by atoms with E-state index in [1.54, 1.807) is 15.8 Å². The van der Waals surface area contributed by atoms with Crippen molar-refractivity contribution in [2.45, 2.75) is 19.5 Å². The molecule has 3 heterocycles. The predicted molar refractivity (Wildman–Crippen MR) is 83.8 cm³/mol. The van der Waals surface area contributed by atoms with Crippen molar-refractivity contribution in [2.75, 3.05) is 11.4 Å². The lowest BCUT2D eigenvalue weighted by molar-refractivity contribution is 0.0833. The zero-order valence-electron chi connectivity index (χ0n) is 12.6. The molecule has 2 aliphatic rings. The van der Waals surface area contributed by atoms with Gasteiger partial charge in [0.15, 0.2) is 0 Å². The van der Waals surface area contributed by atoms with E-state index in [-0.39, 0.29) is 11.9 Å². The summed E-state index contributed by atoms with van der Waals surface area (Å²) in [6, 6.07) is 8.01. The lowest BCUT2D eigenvalue weighted by atomic mass is 10.1. The molecule has 0 saturated heterocycles. The van der Waals surface area contributed by atoms with Gasteiger partial charge in [0.2, 0.25) is 5.96 Å². The van der Waals surface area contributed by atoms with Crippen LogP contribution >= 0.6 is 0 Å². The Labute approximate surface area is 128 Å². The number of rotatable bonds is 2. The fourth-order valence-electron chi connectivity index (χ4n) is 3.11. The fourth-order valence-corrected chi connectivity index (χ4v) is 3.11. The number of hydrogen-bond donors (Lipinski definition) is 0. The largest absolute Gasteiger partial charge is 0.307 e. The van der Waals surface area contributed by atoms with E-state index in [1.165, 1.54) is 0 Å². The van der Waals surface area contributed by atoms with Crippen LogP contribution in [0.3, 0.4) is 0 Å². The van der Waals surface area contributed by atoms with E-state index in [2.05, 4.69) is 21.9 Å². The normalized spacial score (nSPS) is 20.0. The van der Waals surface area contributed by atoms with Gasteiger partial charge in [0.1, 0.15) is 0 Å². The van der Waals surface area contributed by atoms with Gasteiger partial charge < -0.3 is 4.90 Å². The van der Waals surface area contributed by atoms with E-state index in [4.69, 9.17) is 0 Å². The third kappa shape index (κ3) is 1.83. The number of nitrogens with zero attached hydrogens (tertiary/aromatic N) is 5. The highest BCUT2D eigenvalue weighted by molar-refractivity contribution is 6.19. The van der Waals surface area contributed by atoms with Crippen molar-refractivity contribution in [3.63, 3.8) is 0 Å². The van der Waals surface area contributed by atoms with Crippen LogP contribution in [0.5, 0.6) is 0 Å². The highest BCUT2D eigenvalue weighted by Crippen LogP contribution is 2.33. The second-order valence-electron chi connectivity index (χ2n) is 5.79. The van der Waals surface area contributed by atoms with Crippen molar-refractivity contribution in [2.24, 2.45) is 12.0 Å². The minimum atomic E-state index is 0.00329. The van der Waals surface area contributed by atoms with E-state index >= 15 is 0 Å². The Morgan fingerprint density at radius 3 is 2.91 bits per heavy atom. The summed E-state index contributed by atoms with van der Waals surface area (Å²) in [5.74, 6) is 0.753. The number of carbonyl (C=O) groups excluding carboxylic acids is 1. The Kier molecular flexibility index (Phi) is 2.79. The zero-order chi connectivity index (χ0) is 15.3. The number of aliphatic imine (C=N–C) groups is 1. The van der Waals surface area contributed by atoms with Crippen LogP contribution < -0.4 is 4.90 Å². The smallest absolute Gasteiger partial charge is 0.263 e. The van der Waals surface area contributed by atoms with Crippen LogP contribution in [-0.2, 0) is 13.6 Å². The molecule has 0 radical (unpaired) electrons. The molecule has 6 nitrogen and oxygen atoms in total. The molecule has 2 aliphatic heterocycles. The molecule has 1 aromatic carbocycles. The molecule has 1 amide bonds. The SMILES string of the molecule is C[C@@H]1CN=C2N(Cc3cnn(C)c3)C(=O)c3ccccc3N21. The Hall–Kier alpha value is -2.63. The summed E-state index contributed by atoms with van der Waals surface area (Å²) in [6.07, 6.45) is 3.72. The minimum absolute atomic E-state index is 0.00329. The second-order valence-corrected chi connectivity index (χ2v) is 5.79. The number of fused-ring (bicyclic) bond motifs is 3. The average molecular weight is 295 g/mol. The van der Waals surface area contributed by atoms with E-state index in [9.17, 15) is 4.79 Å². The third-order valence-corrected chi connectivity index (χ3v) is 4.13.